The smallest absolute Gasteiger partial charge is 0.335 e. The van der Waals surface area contributed by atoms with Crippen LogP contribution >= 0.6 is 0 Å². The van der Waals surface area contributed by atoms with Crippen molar-refractivity contribution < 1.29 is 23.8 Å². The van der Waals surface area contributed by atoms with Gasteiger partial charge in [0, 0.05) is 12.6 Å². The predicted octanol–water partition coefficient (Wildman–Crippen LogP) is 2.93. The van der Waals surface area contributed by atoms with Gasteiger partial charge in [-0.3, -0.25) is 4.79 Å². The van der Waals surface area contributed by atoms with Crippen LogP contribution in [0.25, 0.3) is 11.5 Å². The van der Waals surface area contributed by atoms with E-state index in [0.29, 0.717) is 28.5 Å². The van der Waals surface area contributed by atoms with Crippen LogP contribution in [0.2, 0.25) is 0 Å². The maximum atomic E-state index is 12.4. The van der Waals surface area contributed by atoms with Crippen LogP contribution in [0.15, 0.2) is 46.9 Å². The Balaban J connectivity index is 1.82. The summed E-state index contributed by atoms with van der Waals surface area (Å²) in [7, 11) is 1.52. The second-order valence-corrected chi connectivity index (χ2v) is 5.73. The average Bonchev–Trinajstić information content (AvgIpc) is 3.08. The monoisotopic (exact) mass is 367 g/mol. The van der Waals surface area contributed by atoms with Gasteiger partial charge in [-0.05, 0) is 29.8 Å². The molecule has 1 heterocycles. The Kier molecular flexibility index (Phi) is 5.16. The molecule has 0 unspecified atom stereocenters. The summed E-state index contributed by atoms with van der Waals surface area (Å²) in [5.41, 5.74) is 1.58. The molecule has 27 heavy (non-hydrogen) atoms. The van der Waals surface area contributed by atoms with Crippen molar-refractivity contribution in [2.75, 3.05) is 12.4 Å². The fraction of sp³-hybridized carbons (Fsp3) is 0.158. The Morgan fingerprint density at radius 3 is 2.63 bits per heavy atom. The van der Waals surface area contributed by atoms with Gasteiger partial charge in [-0.1, -0.05) is 18.2 Å². The van der Waals surface area contributed by atoms with Crippen LogP contribution < -0.4 is 10.1 Å². The van der Waals surface area contributed by atoms with Gasteiger partial charge in [0.15, 0.2) is 0 Å². The van der Waals surface area contributed by atoms with Crippen molar-refractivity contribution in [3.8, 4) is 17.2 Å². The summed E-state index contributed by atoms with van der Waals surface area (Å²) >= 11 is 0. The summed E-state index contributed by atoms with van der Waals surface area (Å²) in [5, 5.41) is 19.7. The molecule has 0 aliphatic carbocycles. The van der Waals surface area contributed by atoms with Gasteiger partial charge in [0.25, 0.3) is 5.89 Å². The zero-order chi connectivity index (χ0) is 19.4. The molecule has 3 rings (SSSR count). The lowest BCUT2D eigenvalue weighted by Gasteiger charge is -2.10. The summed E-state index contributed by atoms with van der Waals surface area (Å²) < 4.78 is 10.7. The molecule has 0 atom stereocenters. The highest BCUT2D eigenvalue weighted by Crippen LogP contribution is 2.31. The second kappa shape index (κ2) is 7.69. The minimum absolute atomic E-state index is 0.0660. The van der Waals surface area contributed by atoms with Crippen LogP contribution in [0.3, 0.4) is 0 Å². The molecule has 0 bridgehead atoms. The van der Waals surface area contributed by atoms with E-state index in [0.717, 1.165) is 0 Å². The van der Waals surface area contributed by atoms with E-state index in [1.54, 1.807) is 43.3 Å². The molecule has 0 fully saturated rings. The number of aromatic carboxylic acids is 1. The van der Waals surface area contributed by atoms with Crippen LogP contribution in [0, 0.1) is 6.92 Å². The van der Waals surface area contributed by atoms with Gasteiger partial charge >= 0.3 is 5.97 Å². The number of amides is 1. The molecule has 1 aromatic heterocycles. The van der Waals surface area contributed by atoms with Crippen molar-refractivity contribution in [1.29, 1.82) is 0 Å². The fourth-order valence-electron chi connectivity index (χ4n) is 2.62. The van der Waals surface area contributed by atoms with Crippen molar-refractivity contribution in [3.63, 3.8) is 0 Å². The van der Waals surface area contributed by atoms with Gasteiger partial charge in [0.1, 0.15) is 5.75 Å². The van der Waals surface area contributed by atoms with E-state index in [4.69, 9.17) is 9.15 Å². The number of aryl methyl sites for hydroxylation is 1. The van der Waals surface area contributed by atoms with Crippen LogP contribution in [-0.4, -0.2) is 34.3 Å². The molecule has 2 aromatic carbocycles. The molecule has 0 saturated carbocycles. The minimum atomic E-state index is -1.07. The number of nitrogens with zero attached hydrogens (tertiary/aromatic N) is 2. The quantitative estimate of drug-likeness (QED) is 0.688. The second-order valence-electron chi connectivity index (χ2n) is 5.73. The molecule has 0 saturated heterocycles. The molecular formula is C19H17N3O5. The Morgan fingerprint density at radius 1 is 1.19 bits per heavy atom. The molecule has 3 aromatic rings. The normalized spacial score (nSPS) is 10.4. The molecule has 2 N–H and O–H groups in total. The fourth-order valence-corrected chi connectivity index (χ4v) is 2.62. The van der Waals surface area contributed by atoms with Gasteiger partial charge < -0.3 is 19.6 Å². The molecule has 138 valence electrons. The minimum Gasteiger partial charge on any atom is -0.496 e. The number of carboxylic acid groups (broad SMARTS) is 1. The van der Waals surface area contributed by atoms with E-state index in [1.165, 1.54) is 13.2 Å². The largest absolute Gasteiger partial charge is 0.496 e. The zero-order valence-electron chi connectivity index (χ0n) is 14.7. The lowest BCUT2D eigenvalue weighted by atomic mass is 10.0. The van der Waals surface area contributed by atoms with E-state index in [2.05, 4.69) is 15.5 Å². The van der Waals surface area contributed by atoms with E-state index in [1.807, 2.05) is 0 Å². The van der Waals surface area contributed by atoms with Crippen LogP contribution in [0.1, 0.15) is 21.8 Å². The molecule has 8 heteroatoms. The number of anilines is 1. The lowest BCUT2D eigenvalue weighted by Crippen LogP contribution is -2.16. The number of aromatic nitrogens is 2. The molecule has 0 spiro atoms. The van der Waals surface area contributed by atoms with E-state index < -0.39 is 5.97 Å². The molecule has 0 radical (unpaired) electrons. The highest BCUT2D eigenvalue weighted by Gasteiger charge is 2.16. The first kappa shape index (κ1) is 18.1. The van der Waals surface area contributed by atoms with Crippen molar-refractivity contribution in [3.05, 3.63) is 59.5 Å². The van der Waals surface area contributed by atoms with Crippen LogP contribution in [-0.2, 0) is 11.2 Å². The summed E-state index contributed by atoms with van der Waals surface area (Å²) in [5.74, 6) is -0.213. The SMILES string of the molecule is COc1ccc(NC(=O)Cc2ccccc2C(=O)O)cc1-c1nnc(C)o1. The number of carboxylic acids is 1. The Labute approximate surface area is 154 Å². The summed E-state index contributed by atoms with van der Waals surface area (Å²) in [6, 6.07) is 11.4. The third-order valence-electron chi connectivity index (χ3n) is 3.84. The van der Waals surface area contributed by atoms with Crippen molar-refractivity contribution in [2.24, 2.45) is 0 Å². The van der Waals surface area contributed by atoms with Gasteiger partial charge in [0.05, 0.1) is 24.7 Å². The molecule has 8 nitrogen and oxygen atoms in total. The van der Waals surface area contributed by atoms with Gasteiger partial charge in [-0.2, -0.15) is 0 Å². The van der Waals surface area contributed by atoms with Crippen LogP contribution in [0.5, 0.6) is 5.75 Å². The number of methoxy groups -OCH3 is 1. The van der Waals surface area contributed by atoms with Gasteiger partial charge in [-0.15, -0.1) is 10.2 Å². The van der Waals surface area contributed by atoms with E-state index in [-0.39, 0.29) is 23.8 Å². The average molecular weight is 367 g/mol. The summed E-state index contributed by atoms with van der Waals surface area (Å²) in [6.07, 6.45) is -0.0660. The number of carbonyl (C=O) groups is 2. The number of rotatable bonds is 6. The number of hydrogen-bond donors (Lipinski definition) is 2. The molecular weight excluding hydrogens is 350 g/mol. The predicted molar refractivity (Wildman–Crippen MR) is 96.8 cm³/mol. The highest BCUT2D eigenvalue weighted by molar-refractivity contribution is 5.96. The van der Waals surface area contributed by atoms with Crippen molar-refractivity contribution in [1.82, 2.24) is 10.2 Å². The lowest BCUT2D eigenvalue weighted by molar-refractivity contribution is -0.115. The summed E-state index contributed by atoms with van der Waals surface area (Å²) in [4.78, 5) is 23.6. The topological polar surface area (TPSA) is 115 Å². The Hall–Kier alpha value is -3.68. The molecule has 0 aliphatic heterocycles. The third kappa shape index (κ3) is 4.12. The molecule has 0 aliphatic rings. The van der Waals surface area contributed by atoms with Crippen molar-refractivity contribution >= 4 is 17.6 Å². The highest BCUT2D eigenvalue weighted by atomic mass is 16.5. The standard InChI is InChI=1S/C19H17N3O5/c1-11-21-22-18(27-11)15-10-13(7-8-16(15)26-2)20-17(23)9-12-5-3-4-6-14(12)19(24)25/h3-8,10H,9H2,1-2H3,(H,20,23)(H,24,25). The molecule has 1 amide bonds. The first-order valence-electron chi connectivity index (χ1n) is 8.07. The zero-order valence-corrected chi connectivity index (χ0v) is 14.7. The number of carbonyl (C=O) groups excluding carboxylic acids is 1. The van der Waals surface area contributed by atoms with Gasteiger partial charge in [-0.25, -0.2) is 4.79 Å². The number of nitrogens with one attached hydrogen (secondary N) is 1. The van der Waals surface area contributed by atoms with E-state index >= 15 is 0 Å². The first-order chi connectivity index (χ1) is 13.0. The van der Waals surface area contributed by atoms with Crippen LogP contribution in [0.4, 0.5) is 5.69 Å². The summed E-state index contributed by atoms with van der Waals surface area (Å²) in [6.45, 7) is 1.68. The number of hydrogen-bond acceptors (Lipinski definition) is 6. The van der Waals surface area contributed by atoms with Gasteiger partial charge in [0.2, 0.25) is 11.8 Å². The first-order valence-corrected chi connectivity index (χ1v) is 8.07. The third-order valence-corrected chi connectivity index (χ3v) is 3.84. The van der Waals surface area contributed by atoms with E-state index in [9.17, 15) is 14.7 Å². The maximum Gasteiger partial charge on any atom is 0.335 e. The number of ether oxygens (including phenoxy) is 1. The Morgan fingerprint density at radius 2 is 1.96 bits per heavy atom. The Bertz CT molecular complexity index is 997. The number of benzene rings is 2. The van der Waals surface area contributed by atoms with Crippen molar-refractivity contribution in [2.45, 2.75) is 13.3 Å². The maximum absolute atomic E-state index is 12.4.